The van der Waals surface area contributed by atoms with Gasteiger partial charge in [-0.2, -0.15) is 0 Å². The maximum absolute atomic E-state index is 12.2. The van der Waals surface area contributed by atoms with Gasteiger partial charge in [-0.25, -0.2) is 8.99 Å². The van der Waals surface area contributed by atoms with Gasteiger partial charge in [-0.15, -0.1) is 11.3 Å². The highest BCUT2D eigenvalue weighted by atomic mass is 35.5. The number of thiophene rings is 1. The van der Waals surface area contributed by atoms with Gasteiger partial charge in [-0.05, 0) is 35.7 Å². The Balaban J connectivity index is 2.52. The largest absolute Gasteiger partial charge is 0.244 e. The monoisotopic (exact) mass is 257 g/mol. The third-order valence-corrected chi connectivity index (χ3v) is 5.47. The molecular formula is C10H8ClNOS2. The maximum atomic E-state index is 12.2. The topological polar surface area (TPSA) is 40.9 Å². The zero-order chi connectivity index (χ0) is 10.9. The molecule has 0 saturated heterocycles. The number of hydrogen-bond donors (Lipinski definition) is 1. The summed E-state index contributed by atoms with van der Waals surface area (Å²) in [5.74, 6) is 0. The van der Waals surface area contributed by atoms with E-state index in [9.17, 15) is 4.21 Å². The van der Waals surface area contributed by atoms with Crippen molar-refractivity contribution in [2.75, 3.05) is 0 Å². The smallest absolute Gasteiger partial charge is 0.111 e. The van der Waals surface area contributed by atoms with Crippen molar-refractivity contribution in [1.82, 2.24) is 0 Å². The minimum absolute atomic E-state index is 0.495. The Hall–Kier alpha value is -0.840. The minimum atomic E-state index is -2.85. The molecule has 0 spiro atoms. The minimum Gasteiger partial charge on any atom is -0.244 e. The second-order valence-corrected chi connectivity index (χ2v) is 6.61. The Kier molecular flexibility index (Phi) is 2.82. The van der Waals surface area contributed by atoms with Gasteiger partial charge in [0.05, 0.1) is 4.90 Å². The van der Waals surface area contributed by atoms with Crippen LogP contribution in [0.5, 0.6) is 0 Å². The van der Waals surface area contributed by atoms with E-state index < -0.39 is 9.73 Å². The Morgan fingerprint density at radius 2 is 1.87 bits per heavy atom. The molecule has 0 saturated carbocycles. The van der Waals surface area contributed by atoms with Crippen molar-refractivity contribution in [1.29, 1.82) is 4.78 Å². The molecule has 5 heteroatoms. The Labute approximate surface area is 97.5 Å². The summed E-state index contributed by atoms with van der Waals surface area (Å²) in [6, 6.07) is 10.1. The standard InChI is InChI=1S/C10H8ClNOS2/c11-8-3-5-9(6-4-8)15(12,13)10-2-1-7-14-10/h1-7,12H. The Morgan fingerprint density at radius 1 is 1.20 bits per heavy atom. The van der Waals surface area contributed by atoms with Crippen molar-refractivity contribution in [3.8, 4) is 0 Å². The van der Waals surface area contributed by atoms with E-state index in [4.69, 9.17) is 16.4 Å². The van der Waals surface area contributed by atoms with Gasteiger partial charge in [0, 0.05) is 5.02 Å². The fraction of sp³-hybridized carbons (Fsp3) is 0. The number of rotatable bonds is 2. The van der Waals surface area contributed by atoms with Gasteiger partial charge < -0.3 is 0 Å². The van der Waals surface area contributed by atoms with Crippen LogP contribution in [0.2, 0.25) is 5.02 Å². The van der Waals surface area contributed by atoms with Gasteiger partial charge in [-0.3, -0.25) is 0 Å². The number of hydrogen-bond acceptors (Lipinski definition) is 3. The number of nitrogens with one attached hydrogen (secondary N) is 1. The first kappa shape index (κ1) is 10.7. The zero-order valence-corrected chi connectivity index (χ0v) is 10.0. The van der Waals surface area contributed by atoms with Crippen LogP contribution in [-0.2, 0) is 9.73 Å². The molecule has 0 fully saturated rings. The van der Waals surface area contributed by atoms with E-state index in [0.29, 0.717) is 14.1 Å². The predicted molar refractivity (Wildman–Crippen MR) is 63.2 cm³/mol. The number of halogens is 1. The van der Waals surface area contributed by atoms with E-state index in [1.807, 2.05) is 5.38 Å². The molecule has 1 aromatic heterocycles. The van der Waals surface area contributed by atoms with Gasteiger partial charge in [-0.1, -0.05) is 17.7 Å². The average Bonchev–Trinajstić information content (AvgIpc) is 2.71. The van der Waals surface area contributed by atoms with Crippen LogP contribution in [0.3, 0.4) is 0 Å². The van der Waals surface area contributed by atoms with Gasteiger partial charge in [0.15, 0.2) is 0 Å². The van der Waals surface area contributed by atoms with Crippen molar-refractivity contribution >= 4 is 32.7 Å². The normalized spacial score (nSPS) is 14.7. The first-order valence-corrected chi connectivity index (χ1v) is 7.00. The molecule has 0 bridgehead atoms. The molecule has 78 valence electrons. The highest BCUT2D eigenvalue weighted by molar-refractivity contribution is 7.94. The lowest BCUT2D eigenvalue weighted by Gasteiger charge is -2.04. The second-order valence-electron chi connectivity index (χ2n) is 2.94. The first-order chi connectivity index (χ1) is 7.10. The van der Waals surface area contributed by atoms with Crippen molar-refractivity contribution in [3.63, 3.8) is 0 Å². The molecule has 0 radical (unpaired) electrons. The molecule has 2 rings (SSSR count). The maximum Gasteiger partial charge on any atom is 0.111 e. The third kappa shape index (κ3) is 2.07. The summed E-state index contributed by atoms with van der Waals surface area (Å²) in [7, 11) is -2.85. The fourth-order valence-electron chi connectivity index (χ4n) is 1.17. The SMILES string of the molecule is N=S(=O)(c1ccc(Cl)cc1)c1cccs1. The molecule has 0 aliphatic heterocycles. The van der Waals surface area contributed by atoms with E-state index >= 15 is 0 Å². The molecule has 1 aromatic carbocycles. The second kappa shape index (κ2) is 3.96. The van der Waals surface area contributed by atoms with Gasteiger partial charge in [0.1, 0.15) is 13.9 Å². The van der Waals surface area contributed by atoms with Crippen LogP contribution in [0.15, 0.2) is 50.9 Å². The first-order valence-electron chi connectivity index (χ1n) is 4.18. The van der Waals surface area contributed by atoms with Crippen molar-refractivity contribution in [2.45, 2.75) is 9.10 Å². The highest BCUT2D eigenvalue weighted by Gasteiger charge is 2.13. The van der Waals surface area contributed by atoms with E-state index in [2.05, 4.69) is 0 Å². The molecule has 1 atom stereocenters. The van der Waals surface area contributed by atoms with Gasteiger partial charge >= 0.3 is 0 Å². The predicted octanol–water partition coefficient (Wildman–Crippen LogP) is 3.87. The summed E-state index contributed by atoms with van der Waals surface area (Å²) in [6.07, 6.45) is 0. The summed E-state index contributed by atoms with van der Waals surface area (Å²) in [5, 5.41) is 2.40. The lowest BCUT2D eigenvalue weighted by atomic mass is 10.4. The molecule has 2 nitrogen and oxygen atoms in total. The van der Waals surface area contributed by atoms with Crippen LogP contribution in [-0.4, -0.2) is 4.21 Å². The molecule has 0 aliphatic carbocycles. The molecule has 2 aromatic rings. The summed E-state index contributed by atoms with van der Waals surface area (Å²) >= 11 is 7.07. The summed E-state index contributed by atoms with van der Waals surface area (Å²) in [6.45, 7) is 0. The molecule has 0 amide bonds. The zero-order valence-electron chi connectivity index (χ0n) is 7.64. The van der Waals surface area contributed by atoms with Crippen LogP contribution < -0.4 is 0 Å². The molecule has 15 heavy (non-hydrogen) atoms. The molecule has 1 unspecified atom stereocenters. The van der Waals surface area contributed by atoms with Gasteiger partial charge in [0.25, 0.3) is 0 Å². The van der Waals surface area contributed by atoms with Crippen LogP contribution >= 0.6 is 22.9 Å². The van der Waals surface area contributed by atoms with E-state index in [1.54, 1.807) is 36.4 Å². The van der Waals surface area contributed by atoms with Crippen molar-refractivity contribution < 1.29 is 4.21 Å². The Morgan fingerprint density at radius 3 is 2.40 bits per heavy atom. The lowest BCUT2D eigenvalue weighted by molar-refractivity contribution is 0.676. The van der Waals surface area contributed by atoms with Crippen molar-refractivity contribution in [2.24, 2.45) is 0 Å². The van der Waals surface area contributed by atoms with Crippen LogP contribution in [0.4, 0.5) is 0 Å². The summed E-state index contributed by atoms with van der Waals surface area (Å²) in [4.78, 5) is 0.495. The summed E-state index contributed by atoms with van der Waals surface area (Å²) in [5.41, 5.74) is 0. The van der Waals surface area contributed by atoms with E-state index in [-0.39, 0.29) is 0 Å². The Bertz CT molecular complexity index is 544. The molecular weight excluding hydrogens is 250 g/mol. The number of benzene rings is 1. The van der Waals surface area contributed by atoms with E-state index in [1.165, 1.54) is 11.3 Å². The van der Waals surface area contributed by atoms with Crippen LogP contribution in [0.1, 0.15) is 0 Å². The molecule has 0 aliphatic rings. The fourth-order valence-corrected chi connectivity index (χ4v) is 3.76. The lowest BCUT2D eigenvalue weighted by Crippen LogP contribution is -1.96. The quantitative estimate of drug-likeness (QED) is 0.872. The van der Waals surface area contributed by atoms with E-state index in [0.717, 1.165) is 0 Å². The molecule has 1 N–H and O–H groups in total. The van der Waals surface area contributed by atoms with Crippen molar-refractivity contribution in [3.05, 3.63) is 46.8 Å². The average molecular weight is 258 g/mol. The van der Waals surface area contributed by atoms with Crippen LogP contribution in [0, 0.1) is 4.78 Å². The van der Waals surface area contributed by atoms with Crippen LogP contribution in [0.25, 0.3) is 0 Å². The molecule has 1 heterocycles. The highest BCUT2D eigenvalue weighted by Crippen LogP contribution is 2.26. The third-order valence-electron chi connectivity index (χ3n) is 1.92. The summed E-state index contributed by atoms with van der Waals surface area (Å²) < 4.78 is 20.7. The van der Waals surface area contributed by atoms with Gasteiger partial charge in [0.2, 0.25) is 0 Å².